The number of hydrogen-bond donors (Lipinski definition) is 2. The highest BCUT2D eigenvalue weighted by molar-refractivity contribution is 5.00. The summed E-state index contributed by atoms with van der Waals surface area (Å²) in [5, 5.41) is 12.7. The molecular formula is C12H21N3O2. The molecule has 0 aliphatic heterocycles. The van der Waals surface area contributed by atoms with E-state index in [9.17, 15) is 5.11 Å². The molecular weight excluding hydrogens is 218 g/mol. The molecule has 1 atom stereocenters. The van der Waals surface area contributed by atoms with E-state index in [-0.39, 0.29) is 6.10 Å². The van der Waals surface area contributed by atoms with Gasteiger partial charge in [0.15, 0.2) is 0 Å². The Kier molecular flexibility index (Phi) is 6.04. The average Bonchev–Trinajstić information content (AvgIpc) is 2.26. The van der Waals surface area contributed by atoms with Crippen LogP contribution in [0.15, 0.2) is 12.3 Å². The van der Waals surface area contributed by atoms with Crippen molar-refractivity contribution in [2.75, 3.05) is 13.2 Å². The zero-order valence-corrected chi connectivity index (χ0v) is 10.7. The van der Waals surface area contributed by atoms with Gasteiger partial charge < -0.3 is 15.2 Å². The molecule has 1 aromatic heterocycles. The monoisotopic (exact) mass is 239 g/mol. The number of nitrogens with one attached hydrogen (secondary N) is 1. The summed E-state index contributed by atoms with van der Waals surface area (Å²) >= 11 is 0. The Labute approximate surface area is 102 Å². The summed E-state index contributed by atoms with van der Waals surface area (Å²) in [7, 11) is 0. The van der Waals surface area contributed by atoms with Crippen LogP contribution in [0.4, 0.5) is 0 Å². The van der Waals surface area contributed by atoms with E-state index >= 15 is 0 Å². The predicted octanol–water partition coefficient (Wildman–Crippen LogP) is 0.661. The molecule has 96 valence electrons. The second-order valence-electron chi connectivity index (χ2n) is 4.26. The van der Waals surface area contributed by atoms with Gasteiger partial charge in [-0.1, -0.05) is 0 Å². The van der Waals surface area contributed by atoms with Gasteiger partial charge >= 0.3 is 0 Å². The Morgan fingerprint density at radius 3 is 2.88 bits per heavy atom. The van der Waals surface area contributed by atoms with E-state index < -0.39 is 6.10 Å². The molecule has 5 nitrogen and oxygen atoms in total. The van der Waals surface area contributed by atoms with Crippen molar-refractivity contribution in [1.29, 1.82) is 0 Å². The lowest BCUT2D eigenvalue weighted by Gasteiger charge is -2.14. The minimum Gasteiger partial charge on any atom is -0.389 e. The molecule has 0 radical (unpaired) electrons. The fourth-order valence-electron chi connectivity index (χ4n) is 1.33. The summed E-state index contributed by atoms with van der Waals surface area (Å²) < 4.78 is 5.31. The van der Waals surface area contributed by atoms with Gasteiger partial charge in [-0.25, -0.2) is 9.97 Å². The van der Waals surface area contributed by atoms with E-state index in [1.807, 2.05) is 26.8 Å². The molecule has 0 fully saturated rings. The zero-order chi connectivity index (χ0) is 12.7. The van der Waals surface area contributed by atoms with Crippen LogP contribution in [0.5, 0.6) is 0 Å². The minimum absolute atomic E-state index is 0.147. The van der Waals surface area contributed by atoms with Crippen molar-refractivity contribution in [1.82, 2.24) is 15.3 Å². The summed E-state index contributed by atoms with van der Waals surface area (Å²) in [5.41, 5.74) is 0.925. The van der Waals surface area contributed by atoms with Gasteiger partial charge in [-0.3, -0.25) is 0 Å². The van der Waals surface area contributed by atoms with Crippen molar-refractivity contribution in [2.24, 2.45) is 0 Å². The Balaban J connectivity index is 2.19. The summed E-state index contributed by atoms with van der Waals surface area (Å²) in [5.74, 6) is 0.757. The van der Waals surface area contributed by atoms with Gasteiger partial charge in [-0.2, -0.15) is 0 Å². The van der Waals surface area contributed by atoms with Crippen molar-refractivity contribution in [3.05, 3.63) is 23.8 Å². The largest absolute Gasteiger partial charge is 0.389 e. The van der Waals surface area contributed by atoms with E-state index in [0.717, 1.165) is 11.5 Å². The normalized spacial score (nSPS) is 13.0. The summed E-state index contributed by atoms with van der Waals surface area (Å²) in [4.78, 5) is 8.28. The van der Waals surface area contributed by atoms with Crippen LogP contribution in [0, 0.1) is 6.92 Å². The standard InChI is InChI=1S/C12H21N3O2/c1-9(2)17-8-12(16)7-13-6-11-4-5-14-10(3)15-11/h4-5,9,12-13,16H,6-8H2,1-3H3. The van der Waals surface area contributed by atoms with Gasteiger partial charge in [0.1, 0.15) is 5.82 Å². The first-order valence-corrected chi connectivity index (χ1v) is 5.87. The number of aryl methyl sites for hydroxylation is 1. The van der Waals surface area contributed by atoms with E-state index in [0.29, 0.717) is 19.7 Å². The van der Waals surface area contributed by atoms with Crippen LogP contribution in [0.25, 0.3) is 0 Å². The molecule has 0 amide bonds. The molecule has 0 spiro atoms. The van der Waals surface area contributed by atoms with Gasteiger partial charge in [0.05, 0.1) is 24.5 Å². The zero-order valence-electron chi connectivity index (χ0n) is 10.7. The molecule has 1 rings (SSSR count). The van der Waals surface area contributed by atoms with Gasteiger partial charge in [0.2, 0.25) is 0 Å². The lowest BCUT2D eigenvalue weighted by atomic mass is 10.3. The van der Waals surface area contributed by atoms with E-state index in [2.05, 4.69) is 15.3 Å². The van der Waals surface area contributed by atoms with Crippen molar-refractivity contribution in [3.63, 3.8) is 0 Å². The van der Waals surface area contributed by atoms with Gasteiger partial charge in [-0.15, -0.1) is 0 Å². The molecule has 17 heavy (non-hydrogen) atoms. The Bertz CT molecular complexity index is 331. The average molecular weight is 239 g/mol. The molecule has 1 unspecified atom stereocenters. The molecule has 0 aromatic carbocycles. The quantitative estimate of drug-likeness (QED) is 0.731. The Morgan fingerprint density at radius 1 is 1.47 bits per heavy atom. The Hall–Kier alpha value is -1.04. The van der Waals surface area contributed by atoms with Crippen molar-refractivity contribution in [3.8, 4) is 0 Å². The van der Waals surface area contributed by atoms with Crippen molar-refractivity contribution >= 4 is 0 Å². The number of ether oxygens (including phenoxy) is 1. The van der Waals surface area contributed by atoms with Gasteiger partial charge in [-0.05, 0) is 26.8 Å². The highest BCUT2D eigenvalue weighted by atomic mass is 16.5. The SMILES string of the molecule is Cc1nccc(CNCC(O)COC(C)C)n1. The summed E-state index contributed by atoms with van der Waals surface area (Å²) in [6, 6.07) is 1.86. The fraction of sp³-hybridized carbons (Fsp3) is 0.667. The van der Waals surface area contributed by atoms with Crippen LogP contribution in [0.2, 0.25) is 0 Å². The van der Waals surface area contributed by atoms with Crippen LogP contribution in [-0.4, -0.2) is 40.4 Å². The highest BCUT2D eigenvalue weighted by Gasteiger charge is 2.05. The second kappa shape index (κ2) is 7.32. The number of aliphatic hydroxyl groups excluding tert-OH is 1. The molecule has 2 N–H and O–H groups in total. The third kappa shape index (κ3) is 6.31. The molecule has 0 saturated carbocycles. The van der Waals surface area contributed by atoms with Crippen LogP contribution in [0.3, 0.4) is 0 Å². The first kappa shape index (κ1) is 14.0. The van der Waals surface area contributed by atoms with Crippen molar-refractivity contribution < 1.29 is 9.84 Å². The number of aliphatic hydroxyl groups is 1. The number of aromatic nitrogens is 2. The molecule has 1 aromatic rings. The van der Waals surface area contributed by atoms with E-state index in [4.69, 9.17) is 4.74 Å². The molecule has 1 heterocycles. The number of hydrogen-bond acceptors (Lipinski definition) is 5. The highest BCUT2D eigenvalue weighted by Crippen LogP contribution is 1.95. The van der Waals surface area contributed by atoms with E-state index in [1.54, 1.807) is 6.20 Å². The first-order chi connectivity index (χ1) is 8.08. The fourth-order valence-corrected chi connectivity index (χ4v) is 1.33. The van der Waals surface area contributed by atoms with Gasteiger partial charge in [0, 0.05) is 19.3 Å². The second-order valence-corrected chi connectivity index (χ2v) is 4.26. The maximum Gasteiger partial charge on any atom is 0.125 e. The summed E-state index contributed by atoms with van der Waals surface area (Å²) in [6.45, 7) is 7.23. The van der Waals surface area contributed by atoms with Gasteiger partial charge in [0.25, 0.3) is 0 Å². The molecule has 0 aliphatic carbocycles. The van der Waals surface area contributed by atoms with Crippen molar-refractivity contribution in [2.45, 2.75) is 39.5 Å². The lowest BCUT2D eigenvalue weighted by Crippen LogP contribution is -2.31. The predicted molar refractivity (Wildman–Crippen MR) is 65.6 cm³/mol. The molecule has 5 heteroatoms. The third-order valence-corrected chi connectivity index (χ3v) is 2.14. The lowest BCUT2D eigenvalue weighted by molar-refractivity contribution is 0.00627. The Morgan fingerprint density at radius 2 is 2.24 bits per heavy atom. The van der Waals surface area contributed by atoms with Crippen LogP contribution in [0.1, 0.15) is 25.4 Å². The summed E-state index contributed by atoms with van der Waals surface area (Å²) in [6.07, 6.45) is 1.40. The number of rotatable bonds is 7. The molecule has 0 aliphatic rings. The van der Waals surface area contributed by atoms with Crippen LogP contribution >= 0.6 is 0 Å². The maximum absolute atomic E-state index is 9.61. The van der Waals surface area contributed by atoms with E-state index in [1.165, 1.54) is 0 Å². The topological polar surface area (TPSA) is 67.3 Å². The smallest absolute Gasteiger partial charge is 0.125 e. The van der Waals surface area contributed by atoms with Crippen LogP contribution < -0.4 is 5.32 Å². The maximum atomic E-state index is 9.61. The molecule has 0 saturated heterocycles. The minimum atomic E-state index is -0.486. The van der Waals surface area contributed by atoms with Crippen LogP contribution in [-0.2, 0) is 11.3 Å². The first-order valence-electron chi connectivity index (χ1n) is 5.87. The third-order valence-electron chi connectivity index (χ3n) is 2.14. The number of nitrogens with zero attached hydrogens (tertiary/aromatic N) is 2. The molecule has 0 bridgehead atoms.